The van der Waals surface area contributed by atoms with Gasteiger partial charge >= 0.3 is 0 Å². The maximum absolute atomic E-state index is 12.1. The van der Waals surface area contributed by atoms with Gasteiger partial charge in [0.25, 0.3) is 0 Å². The first kappa shape index (κ1) is 16.8. The number of anilines is 2. The maximum Gasteiger partial charge on any atom is 0.221 e. The fourth-order valence-corrected chi connectivity index (χ4v) is 3.26. The Balaban J connectivity index is 1.87. The molecular formula is C16H19N3O3S. The summed E-state index contributed by atoms with van der Waals surface area (Å²) in [5.74, 6) is -0.563. The van der Waals surface area contributed by atoms with Crippen molar-refractivity contribution in [2.75, 3.05) is 17.2 Å². The Morgan fingerprint density at radius 3 is 2.35 bits per heavy atom. The number of carbonyl (C=O) groups is 1. The van der Waals surface area contributed by atoms with Gasteiger partial charge in [-0.1, -0.05) is 24.3 Å². The third kappa shape index (κ3) is 4.72. The van der Waals surface area contributed by atoms with Crippen molar-refractivity contribution in [1.82, 2.24) is 5.32 Å². The lowest BCUT2D eigenvalue weighted by molar-refractivity contribution is -0.120. The van der Waals surface area contributed by atoms with Crippen LogP contribution < -0.4 is 16.8 Å². The summed E-state index contributed by atoms with van der Waals surface area (Å²) in [7, 11) is -3.45. The first-order valence-electron chi connectivity index (χ1n) is 7.07. The molecule has 0 saturated heterocycles. The molecule has 0 aromatic heterocycles. The van der Waals surface area contributed by atoms with Gasteiger partial charge in [-0.2, -0.15) is 0 Å². The highest BCUT2D eigenvalue weighted by Gasteiger charge is 2.15. The van der Waals surface area contributed by atoms with Gasteiger partial charge in [-0.3, -0.25) is 4.79 Å². The molecule has 1 amide bonds. The van der Waals surface area contributed by atoms with E-state index in [1.54, 1.807) is 36.4 Å². The van der Waals surface area contributed by atoms with Gasteiger partial charge in [0, 0.05) is 13.0 Å². The van der Waals surface area contributed by atoms with E-state index in [0.29, 0.717) is 11.4 Å². The number of hydrogen-bond acceptors (Lipinski definition) is 5. The Bertz CT molecular complexity index is 789. The predicted molar refractivity (Wildman–Crippen MR) is 90.2 cm³/mol. The number of sulfone groups is 1. The summed E-state index contributed by atoms with van der Waals surface area (Å²) >= 11 is 0. The van der Waals surface area contributed by atoms with Gasteiger partial charge in [-0.05, 0) is 29.8 Å². The number of rotatable bonds is 6. The van der Waals surface area contributed by atoms with Crippen molar-refractivity contribution >= 4 is 27.1 Å². The second kappa shape index (κ2) is 7.15. The van der Waals surface area contributed by atoms with Crippen LogP contribution in [0.15, 0.2) is 53.4 Å². The zero-order valence-electron chi connectivity index (χ0n) is 12.5. The third-order valence-corrected chi connectivity index (χ3v) is 5.07. The molecule has 0 aliphatic carbocycles. The van der Waals surface area contributed by atoms with Gasteiger partial charge < -0.3 is 16.8 Å². The van der Waals surface area contributed by atoms with Crippen LogP contribution in [0.2, 0.25) is 0 Å². The van der Waals surface area contributed by atoms with Crippen LogP contribution in [0.25, 0.3) is 0 Å². The quantitative estimate of drug-likeness (QED) is 0.690. The molecule has 7 heteroatoms. The molecule has 0 saturated carbocycles. The molecular weight excluding hydrogens is 314 g/mol. The molecule has 2 rings (SSSR count). The zero-order chi connectivity index (χ0) is 16.9. The molecule has 0 fully saturated rings. The summed E-state index contributed by atoms with van der Waals surface area (Å²) in [4.78, 5) is 12.0. The van der Waals surface area contributed by atoms with Crippen LogP contribution in [0.1, 0.15) is 12.0 Å². The standard InChI is InChI=1S/C16H19N3O3S/c17-14-7-6-12(10-15(14)18)11-19-16(20)8-9-23(21,22)13-4-2-1-3-5-13/h1-7,10H,8-9,11,17-18H2,(H,19,20). The van der Waals surface area contributed by atoms with Crippen LogP contribution in [0.5, 0.6) is 0 Å². The van der Waals surface area contributed by atoms with Crippen molar-refractivity contribution in [3.05, 3.63) is 54.1 Å². The number of carbonyl (C=O) groups excluding carboxylic acids is 1. The van der Waals surface area contributed by atoms with Crippen LogP contribution in [-0.4, -0.2) is 20.1 Å². The molecule has 122 valence electrons. The van der Waals surface area contributed by atoms with Crippen LogP contribution in [0.3, 0.4) is 0 Å². The van der Waals surface area contributed by atoms with Gasteiger partial charge in [-0.15, -0.1) is 0 Å². The molecule has 0 aliphatic heterocycles. The van der Waals surface area contributed by atoms with Gasteiger partial charge in [0.2, 0.25) is 5.91 Å². The monoisotopic (exact) mass is 333 g/mol. The Labute approximate surface area is 135 Å². The molecule has 2 aromatic carbocycles. The Morgan fingerprint density at radius 2 is 1.70 bits per heavy atom. The van der Waals surface area contributed by atoms with Crippen molar-refractivity contribution in [3.8, 4) is 0 Å². The Kier molecular flexibility index (Phi) is 5.23. The summed E-state index contributed by atoms with van der Waals surface area (Å²) < 4.78 is 24.2. The topological polar surface area (TPSA) is 115 Å². The summed E-state index contributed by atoms with van der Waals surface area (Å²) in [6.07, 6.45) is -0.0956. The summed E-state index contributed by atoms with van der Waals surface area (Å²) in [5, 5.41) is 2.67. The lowest BCUT2D eigenvalue weighted by Crippen LogP contribution is -2.25. The molecule has 5 N–H and O–H groups in total. The lowest BCUT2D eigenvalue weighted by Gasteiger charge is -2.08. The van der Waals surface area contributed by atoms with Gasteiger partial charge in [0.15, 0.2) is 9.84 Å². The second-order valence-electron chi connectivity index (χ2n) is 5.12. The van der Waals surface area contributed by atoms with Crippen LogP contribution in [0.4, 0.5) is 11.4 Å². The molecule has 2 aromatic rings. The predicted octanol–water partition coefficient (Wildman–Crippen LogP) is 1.33. The minimum Gasteiger partial charge on any atom is -0.397 e. The van der Waals surface area contributed by atoms with Crippen molar-refractivity contribution in [1.29, 1.82) is 0 Å². The number of amides is 1. The minimum atomic E-state index is -3.45. The van der Waals surface area contributed by atoms with Gasteiger partial charge in [0.05, 0.1) is 22.0 Å². The molecule has 0 spiro atoms. The van der Waals surface area contributed by atoms with Crippen LogP contribution in [0, 0.1) is 0 Å². The van der Waals surface area contributed by atoms with E-state index in [2.05, 4.69) is 5.32 Å². The molecule has 0 atom stereocenters. The van der Waals surface area contributed by atoms with Crippen LogP contribution in [-0.2, 0) is 21.2 Å². The SMILES string of the molecule is Nc1ccc(CNC(=O)CCS(=O)(=O)c2ccccc2)cc1N. The molecule has 0 heterocycles. The first-order valence-corrected chi connectivity index (χ1v) is 8.72. The Hall–Kier alpha value is -2.54. The van der Waals surface area contributed by atoms with Crippen molar-refractivity contribution in [2.24, 2.45) is 0 Å². The fraction of sp³-hybridized carbons (Fsp3) is 0.188. The van der Waals surface area contributed by atoms with E-state index in [0.717, 1.165) is 5.56 Å². The lowest BCUT2D eigenvalue weighted by atomic mass is 10.2. The van der Waals surface area contributed by atoms with E-state index in [1.165, 1.54) is 12.1 Å². The third-order valence-electron chi connectivity index (χ3n) is 3.34. The van der Waals surface area contributed by atoms with Crippen molar-refractivity contribution < 1.29 is 13.2 Å². The molecule has 6 nitrogen and oxygen atoms in total. The molecule has 0 aliphatic rings. The number of nitrogens with one attached hydrogen (secondary N) is 1. The average molecular weight is 333 g/mol. The normalized spacial score (nSPS) is 11.1. The number of nitrogens with two attached hydrogens (primary N) is 2. The zero-order valence-corrected chi connectivity index (χ0v) is 13.3. The molecule has 23 heavy (non-hydrogen) atoms. The van der Waals surface area contributed by atoms with E-state index in [4.69, 9.17) is 11.5 Å². The van der Waals surface area contributed by atoms with E-state index in [-0.39, 0.29) is 29.5 Å². The molecule has 0 bridgehead atoms. The van der Waals surface area contributed by atoms with Gasteiger partial charge in [-0.25, -0.2) is 8.42 Å². The van der Waals surface area contributed by atoms with Crippen molar-refractivity contribution in [3.63, 3.8) is 0 Å². The molecule has 0 unspecified atom stereocenters. The number of benzene rings is 2. The Morgan fingerprint density at radius 1 is 1.00 bits per heavy atom. The highest BCUT2D eigenvalue weighted by molar-refractivity contribution is 7.91. The number of nitrogen functional groups attached to an aromatic ring is 2. The van der Waals surface area contributed by atoms with Gasteiger partial charge in [0.1, 0.15) is 0 Å². The summed E-state index contributed by atoms with van der Waals surface area (Å²) in [6, 6.07) is 13.2. The highest BCUT2D eigenvalue weighted by Crippen LogP contribution is 2.16. The molecule has 0 radical (unpaired) electrons. The van der Waals surface area contributed by atoms with E-state index in [9.17, 15) is 13.2 Å². The average Bonchev–Trinajstić information content (AvgIpc) is 2.55. The maximum atomic E-state index is 12.1. The fourth-order valence-electron chi connectivity index (χ4n) is 2.00. The summed E-state index contributed by atoms with van der Waals surface area (Å²) in [5.41, 5.74) is 13.0. The van der Waals surface area contributed by atoms with E-state index >= 15 is 0 Å². The first-order chi connectivity index (χ1) is 10.9. The smallest absolute Gasteiger partial charge is 0.221 e. The van der Waals surface area contributed by atoms with E-state index < -0.39 is 9.84 Å². The minimum absolute atomic E-state index is 0.0956. The number of hydrogen-bond donors (Lipinski definition) is 3. The second-order valence-corrected chi connectivity index (χ2v) is 7.23. The highest BCUT2D eigenvalue weighted by atomic mass is 32.2. The van der Waals surface area contributed by atoms with Crippen LogP contribution >= 0.6 is 0 Å². The largest absolute Gasteiger partial charge is 0.397 e. The van der Waals surface area contributed by atoms with Crippen molar-refractivity contribution in [2.45, 2.75) is 17.9 Å². The van der Waals surface area contributed by atoms with E-state index in [1.807, 2.05) is 0 Å². The summed E-state index contributed by atoms with van der Waals surface area (Å²) in [6.45, 7) is 0.273.